The quantitative estimate of drug-likeness (QED) is 0.626. The first-order valence-corrected chi connectivity index (χ1v) is 3.37. The molecule has 1 saturated heterocycles. The van der Waals surface area contributed by atoms with Crippen LogP contribution in [0.25, 0.3) is 0 Å². The van der Waals surface area contributed by atoms with Crippen LogP contribution in [0.3, 0.4) is 0 Å². The first-order chi connectivity index (χ1) is 6.81. The molecule has 11 heteroatoms. The highest BCUT2D eigenvalue weighted by Gasteiger charge is 2.82. The first-order valence-electron chi connectivity index (χ1n) is 3.37. The number of halogens is 9. The van der Waals surface area contributed by atoms with Crippen LogP contribution in [-0.4, -0.2) is 30.6 Å². The molecule has 0 bridgehead atoms. The van der Waals surface area contributed by atoms with Gasteiger partial charge in [-0.1, -0.05) is 0 Å². The molecule has 0 N–H and O–H groups in total. The Balaban J connectivity index is 3.07. The normalized spacial score (nSPS) is 35.4. The Morgan fingerprint density at radius 3 is 1.44 bits per heavy atom. The van der Waals surface area contributed by atoms with Crippen molar-refractivity contribution in [2.24, 2.45) is 0 Å². The lowest BCUT2D eigenvalue weighted by molar-refractivity contribution is -0.394. The van der Waals surface area contributed by atoms with E-state index in [0.717, 1.165) is 0 Å². The van der Waals surface area contributed by atoms with Crippen molar-refractivity contribution in [3.8, 4) is 0 Å². The maximum Gasteiger partial charge on any atom is 0.458 e. The molecule has 1 rings (SSSR count). The summed E-state index contributed by atoms with van der Waals surface area (Å²) < 4.78 is 113. The lowest BCUT2D eigenvalue weighted by Gasteiger charge is -2.24. The standard InChI is InChI=1S/C5HF9O2/c6-2(7,8)1-15-3(9,4(10,11)12)5(13,14)16-1/h1H. The highest BCUT2D eigenvalue weighted by Crippen LogP contribution is 2.54. The molecule has 0 aliphatic carbocycles. The Kier molecular flexibility index (Phi) is 2.63. The fraction of sp³-hybridized carbons (Fsp3) is 1.00. The van der Waals surface area contributed by atoms with Crippen LogP contribution >= 0.6 is 0 Å². The predicted octanol–water partition coefficient (Wildman–Crippen LogP) is 2.74. The van der Waals surface area contributed by atoms with Gasteiger partial charge in [-0.3, -0.25) is 9.47 Å². The minimum Gasteiger partial charge on any atom is -0.293 e. The van der Waals surface area contributed by atoms with Crippen LogP contribution in [0.4, 0.5) is 39.5 Å². The van der Waals surface area contributed by atoms with E-state index in [1.54, 1.807) is 0 Å². The van der Waals surface area contributed by atoms with E-state index >= 15 is 0 Å². The average molecular weight is 264 g/mol. The van der Waals surface area contributed by atoms with Crippen LogP contribution in [-0.2, 0) is 9.47 Å². The molecule has 1 aliphatic rings. The number of hydrogen-bond acceptors (Lipinski definition) is 2. The Morgan fingerprint density at radius 1 is 0.812 bits per heavy atom. The number of alkyl halides is 9. The van der Waals surface area contributed by atoms with Crippen LogP contribution in [0.15, 0.2) is 0 Å². The SMILES string of the molecule is FC(F)(F)C1OC(F)(F)C(F)(C(F)(F)F)O1. The van der Waals surface area contributed by atoms with E-state index in [9.17, 15) is 39.5 Å². The third kappa shape index (κ3) is 1.81. The summed E-state index contributed by atoms with van der Waals surface area (Å²) in [7, 11) is 0. The van der Waals surface area contributed by atoms with Gasteiger partial charge in [0.2, 0.25) is 0 Å². The highest BCUT2D eigenvalue weighted by atomic mass is 19.4. The smallest absolute Gasteiger partial charge is 0.293 e. The van der Waals surface area contributed by atoms with E-state index in [1.807, 2.05) is 0 Å². The molecule has 0 radical (unpaired) electrons. The van der Waals surface area contributed by atoms with Crippen molar-refractivity contribution in [2.45, 2.75) is 30.6 Å². The van der Waals surface area contributed by atoms with Gasteiger partial charge in [0, 0.05) is 0 Å². The van der Waals surface area contributed by atoms with Crippen LogP contribution < -0.4 is 0 Å². The van der Waals surface area contributed by atoms with Crippen LogP contribution in [0, 0.1) is 0 Å². The molecule has 1 aliphatic heterocycles. The van der Waals surface area contributed by atoms with Gasteiger partial charge < -0.3 is 0 Å². The van der Waals surface area contributed by atoms with Gasteiger partial charge in [-0.25, -0.2) is 0 Å². The molecule has 1 heterocycles. The van der Waals surface area contributed by atoms with Gasteiger partial charge in [-0.2, -0.15) is 39.5 Å². The fourth-order valence-electron chi connectivity index (χ4n) is 0.816. The summed E-state index contributed by atoms with van der Waals surface area (Å²) in [6.45, 7) is 0. The molecule has 0 aromatic rings. The minimum atomic E-state index is -6.36. The molecule has 2 nitrogen and oxygen atoms in total. The summed E-state index contributed by atoms with van der Waals surface area (Å²) in [6, 6.07) is 0. The molecule has 0 aromatic carbocycles. The molecule has 0 spiro atoms. The Bertz CT molecular complexity index is 281. The summed E-state index contributed by atoms with van der Waals surface area (Å²) in [5, 5.41) is 0. The lowest BCUT2D eigenvalue weighted by atomic mass is 10.3. The molecule has 16 heavy (non-hydrogen) atoms. The molecule has 0 saturated carbocycles. The predicted molar refractivity (Wildman–Crippen MR) is 26.9 cm³/mol. The molecule has 0 aromatic heterocycles. The molecular formula is C5HF9O2. The van der Waals surface area contributed by atoms with E-state index in [0.29, 0.717) is 0 Å². The van der Waals surface area contributed by atoms with Gasteiger partial charge in [0.25, 0.3) is 6.29 Å². The second-order valence-electron chi connectivity index (χ2n) is 2.72. The van der Waals surface area contributed by atoms with E-state index < -0.39 is 30.6 Å². The van der Waals surface area contributed by atoms with E-state index in [2.05, 4.69) is 9.47 Å². The largest absolute Gasteiger partial charge is 0.458 e. The zero-order chi connectivity index (χ0) is 13.0. The third-order valence-electron chi connectivity index (χ3n) is 1.53. The topological polar surface area (TPSA) is 18.5 Å². The molecule has 0 amide bonds. The van der Waals surface area contributed by atoms with Crippen molar-refractivity contribution in [1.29, 1.82) is 0 Å². The zero-order valence-electron chi connectivity index (χ0n) is 6.80. The van der Waals surface area contributed by atoms with E-state index in [1.165, 1.54) is 0 Å². The second kappa shape index (κ2) is 3.15. The van der Waals surface area contributed by atoms with Crippen molar-refractivity contribution >= 4 is 0 Å². The van der Waals surface area contributed by atoms with E-state index in [4.69, 9.17) is 0 Å². The van der Waals surface area contributed by atoms with Crippen LogP contribution in [0.2, 0.25) is 0 Å². The van der Waals surface area contributed by atoms with Crippen molar-refractivity contribution < 1.29 is 49.0 Å². The van der Waals surface area contributed by atoms with Gasteiger partial charge in [-0.15, -0.1) is 0 Å². The number of rotatable bonds is 0. The molecule has 96 valence electrons. The Hall–Kier alpha value is -0.710. The van der Waals surface area contributed by atoms with Gasteiger partial charge in [0.15, 0.2) is 0 Å². The minimum absolute atomic E-state index is 2.58. The summed E-state index contributed by atoms with van der Waals surface area (Å²) >= 11 is 0. The number of hydrogen-bond donors (Lipinski definition) is 0. The maximum absolute atomic E-state index is 12.7. The van der Waals surface area contributed by atoms with Crippen molar-refractivity contribution in [1.82, 2.24) is 0 Å². The van der Waals surface area contributed by atoms with Crippen LogP contribution in [0.5, 0.6) is 0 Å². The van der Waals surface area contributed by atoms with Crippen molar-refractivity contribution in [2.75, 3.05) is 0 Å². The Labute approximate surface area is 80.9 Å². The molecule has 1 fully saturated rings. The average Bonchev–Trinajstić information content (AvgIpc) is 2.21. The molecular weight excluding hydrogens is 263 g/mol. The van der Waals surface area contributed by atoms with Crippen molar-refractivity contribution in [3.05, 3.63) is 0 Å². The Morgan fingerprint density at radius 2 is 1.25 bits per heavy atom. The molecule has 2 unspecified atom stereocenters. The van der Waals surface area contributed by atoms with Gasteiger partial charge in [0.1, 0.15) is 0 Å². The van der Waals surface area contributed by atoms with Gasteiger partial charge >= 0.3 is 24.3 Å². The van der Waals surface area contributed by atoms with Gasteiger partial charge in [0.05, 0.1) is 0 Å². The summed E-state index contributed by atoms with van der Waals surface area (Å²) in [5.41, 5.74) is 0. The first kappa shape index (κ1) is 13.4. The lowest BCUT2D eigenvalue weighted by Crippen LogP contribution is -2.53. The monoisotopic (exact) mass is 264 g/mol. The van der Waals surface area contributed by atoms with Crippen LogP contribution in [0.1, 0.15) is 0 Å². The van der Waals surface area contributed by atoms with Gasteiger partial charge in [-0.05, 0) is 0 Å². The second-order valence-corrected chi connectivity index (χ2v) is 2.72. The third-order valence-corrected chi connectivity index (χ3v) is 1.53. The van der Waals surface area contributed by atoms with E-state index in [-0.39, 0.29) is 0 Å². The zero-order valence-corrected chi connectivity index (χ0v) is 6.80. The maximum atomic E-state index is 12.7. The van der Waals surface area contributed by atoms with Crippen molar-refractivity contribution in [3.63, 3.8) is 0 Å². The summed E-state index contributed by atoms with van der Waals surface area (Å²) in [5.74, 6) is -5.82. The number of ether oxygens (including phenoxy) is 2. The highest BCUT2D eigenvalue weighted by molar-refractivity contribution is 4.92. The summed E-state index contributed by atoms with van der Waals surface area (Å²) in [4.78, 5) is 0. The molecule has 2 atom stereocenters. The summed E-state index contributed by atoms with van der Waals surface area (Å²) in [6.07, 6.45) is -21.8. The fourth-order valence-corrected chi connectivity index (χ4v) is 0.816.